The Morgan fingerprint density at radius 3 is 2.86 bits per heavy atom. The predicted molar refractivity (Wildman–Crippen MR) is 84.0 cm³/mol. The van der Waals surface area contributed by atoms with E-state index in [2.05, 4.69) is 14.9 Å². The van der Waals surface area contributed by atoms with Crippen molar-refractivity contribution in [3.63, 3.8) is 0 Å². The molecule has 0 amide bonds. The first-order valence-electron chi connectivity index (χ1n) is 7.07. The maximum atomic E-state index is 6.09. The normalized spacial score (nSPS) is 18.8. The average Bonchev–Trinajstić information content (AvgIpc) is 3.26. The van der Waals surface area contributed by atoms with E-state index in [1.807, 2.05) is 6.20 Å². The molecule has 0 radical (unpaired) electrons. The van der Waals surface area contributed by atoms with Crippen molar-refractivity contribution in [2.75, 3.05) is 6.54 Å². The molecule has 0 saturated heterocycles. The molecule has 1 aliphatic heterocycles. The van der Waals surface area contributed by atoms with Crippen LogP contribution in [0.2, 0.25) is 9.62 Å². The molecule has 2 aromatic rings. The molecule has 4 nitrogen and oxygen atoms in total. The number of nitrogens with zero attached hydrogens (tertiary/aromatic N) is 4. The Bertz CT molecular complexity index is 684. The van der Waals surface area contributed by atoms with Crippen LogP contribution in [-0.4, -0.2) is 26.4 Å². The second-order valence-corrected chi connectivity index (χ2v) is 7.64. The van der Waals surface area contributed by atoms with Gasteiger partial charge >= 0.3 is 0 Å². The second kappa shape index (κ2) is 5.47. The Kier molecular flexibility index (Phi) is 3.61. The van der Waals surface area contributed by atoms with Crippen LogP contribution < -0.4 is 0 Å². The highest BCUT2D eigenvalue weighted by Crippen LogP contribution is 2.38. The third kappa shape index (κ3) is 2.93. The molecular formula is C14H14Cl2N4S. The molecule has 1 fully saturated rings. The van der Waals surface area contributed by atoms with E-state index in [9.17, 15) is 0 Å². The van der Waals surface area contributed by atoms with E-state index in [0.717, 1.165) is 36.8 Å². The maximum Gasteiger partial charge on any atom is 0.185 e. The lowest BCUT2D eigenvalue weighted by Gasteiger charge is -2.27. The Balaban J connectivity index is 1.50. The average molecular weight is 341 g/mol. The molecule has 21 heavy (non-hydrogen) atoms. The van der Waals surface area contributed by atoms with Gasteiger partial charge < -0.3 is 0 Å². The fourth-order valence-corrected chi connectivity index (χ4v) is 4.10. The van der Waals surface area contributed by atoms with Gasteiger partial charge in [-0.1, -0.05) is 23.2 Å². The van der Waals surface area contributed by atoms with Crippen molar-refractivity contribution in [2.24, 2.45) is 0 Å². The van der Waals surface area contributed by atoms with Gasteiger partial charge in [0.15, 0.2) is 4.47 Å². The van der Waals surface area contributed by atoms with E-state index in [1.54, 1.807) is 0 Å². The van der Waals surface area contributed by atoms with E-state index in [0.29, 0.717) is 15.5 Å². The van der Waals surface area contributed by atoms with Crippen molar-refractivity contribution >= 4 is 34.5 Å². The van der Waals surface area contributed by atoms with Crippen LogP contribution in [0.15, 0.2) is 6.20 Å². The second-order valence-electron chi connectivity index (χ2n) is 5.62. The number of hydrogen-bond acceptors (Lipinski definition) is 5. The summed E-state index contributed by atoms with van der Waals surface area (Å²) in [6.45, 7) is 2.64. The topological polar surface area (TPSA) is 41.9 Å². The van der Waals surface area contributed by atoms with Gasteiger partial charge in [-0.25, -0.2) is 15.0 Å². The van der Waals surface area contributed by atoms with Crippen LogP contribution in [0.3, 0.4) is 0 Å². The summed E-state index contributed by atoms with van der Waals surface area (Å²) in [4.78, 5) is 16.7. The third-order valence-corrected chi connectivity index (χ3v) is 5.53. The minimum absolute atomic E-state index is 0.504. The van der Waals surface area contributed by atoms with Gasteiger partial charge in [0.1, 0.15) is 11.0 Å². The smallest absolute Gasteiger partial charge is 0.185 e. The molecule has 2 aromatic heterocycles. The largest absolute Gasteiger partial charge is 0.293 e. The first-order chi connectivity index (χ1) is 10.2. The summed E-state index contributed by atoms with van der Waals surface area (Å²) in [6.07, 6.45) is 5.47. The van der Waals surface area contributed by atoms with Gasteiger partial charge in [-0.3, -0.25) is 4.90 Å². The summed E-state index contributed by atoms with van der Waals surface area (Å²) in [7, 11) is 0. The van der Waals surface area contributed by atoms with E-state index in [-0.39, 0.29) is 0 Å². The lowest BCUT2D eigenvalue weighted by Crippen LogP contribution is -2.31. The Morgan fingerprint density at radius 1 is 1.29 bits per heavy atom. The molecule has 0 bridgehead atoms. The predicted octanol–water partition coefficient (Wildman–Crippen LogP) is 3.68. The number of aromatic nitrogens is 3. The maximum absolute atomic E-state index is 6.09. The van der Waals surface area contributed by atoms with Crippen LogP contribution in [0.5, 0.6) is 0 Å². The summed E-state index contributed by atoms with van der Waals surface area (Å²) in [5.74, 6) is 1.66. The molecule has 1 saturated carbocycles. The van der Waals surface area contributed by atoms with Crippen molar-refractivity contribution in [3.05, 3.63) is 37.8 Å². The van der Waals surface area contributed by atoms with Crippen molar-refractivity contribution in [1.82, 2.24) is 19.9 Å². The first-order valence-corrected chi connectivity index (χ1v) is 8.64. The van der Waals surface area contributed by atoms with Gasteiger partial charge in [0, 0.05) is 49.4 Å². The highest BCUT2D eigenvalue weighted by Gasteiger charge is 2.28. The fourth-order valence-electron chi connectivity index (χ4n) is 2.67. The molecule has 0 unspecified atom stereocenters. The molecule has 110 valence electrons. The lowest BCUT2D eigenvalue weighted by atomic mass is 10.1. The lowest BCUT2D eigenvalue weighted by molar-refractivity contribution is 0.244. The molecule has 0 atom stereocenters. The number of halogens is 2. The molecule has 1 aliphatic carbocycles. The van der Waals surface area contributed by atoms with E-state index in [1.165, 1.54) is 35.4 Å². The minimum Gasteiger partial charge on any atom is -0.293 e. The number of fused-ring (bicyclic) bond motifs is 1. The first kappa shape index (κ1) is 13.9. The van der Waals surface area contributed by atoms with E-state index in [4.69, 9.17) is 28.2 Å². The van der Waals surface area contributed by atoms with Gasteiger partial charge in [0.25, 0.3) is 0 Å². The molecule has 2 aliphatic rings. The van der Waals surface area contributed by atoms with Gasteiger partial charge in [-0.2, -0.15) is 0 Å². The van der Waals surface area contributed by atoms with Crippen molar-refractivity contribution < 1.29 is 0 Å². The van der Waals surface area contributed by atoms with Gasteiger partial charge in [-0.05, 0) is 12.8 Å². The third-order valence-electron chi connectivity index (χ3n) is 3.96. The molecule has 0 N–H and O–H groups in total. The van der Waals surface area contributed by atoms with Gasteiger partial charge in [0.2, 0.25) is 0 Å². The van der Waals surface area contributed by atoms with Gasteiger partial charge in [-0.15, -0.1) is 11.3 Å². The molecule has 0 aromatic carbocycles. The molecule has 0 spiro atoms. The zero-order valence-electron chi connectivity index (χ0n) is 11.4. The Labute approximate surface area is 137 Å². The SMILES string of the molecule is Clc1nc(Cl)c(CN2CCc3nc(C4CC4)ncc3C2)s1. The summed E-state index contributed by atoms with van der Waals surface area (Å²) >= 11 is 13.4. The van der Waals surface area contributed by atoms with Crippen molar-refractivity contribution in [3.8, 4) is 0 Å². The van der Waals surface area contributed by atoms with E-state index >= 15 is 0 Å². The number of hydrogen-bond donors (Lipinski definition) is 0. The summed E-state index contributed by atoms with van der Waals surface area (Å²) in [5, 5.41) is 0.524. The minimum atomic E-state index is 0.504. The Morgan fingerprint density at radius 2 is 2.14 bits per heavy atom. The van der Waals surface area contributed by atoms with Crippen LogP contribution in [-0.2, 0) is 19.5 Å². The fraction of sp³-hybridized carbons (Fsp3) is 0.500. The highest BCUT2D eigenvalue weighted by molar-refractivity contribution is 7.16. The van der Waals surface area contributed by atoms with Crippen LogP contribution in [0.25, 0.3) is 0 Å². The highest BCUT2D eigenvalue weighted by atomic mass is 35.5. The number of rotatable bonds is 3. The monoisotopic (exact) mass is 340 g/mol. The van der Waals surface area contributed by atoms with Crippen LogP contribution in [0.4, 0.5) is 0 Å². The summed E-state index contributed by atoms with van der Waals surface area (Å²) < 4.78 is 0.504. The summed E-state index contributed by atoms with van der Waals surface area (Å²) in [6, 6.07) is 0. The Hall–Kier alpha value is -0.750. The van der Waals surface area contributed by atoms with Gasteiger partial charge in [0.05, 0.1) is 4.88 Å². The van der Waals surface area contributed by atoms with Crippen LogP contribution >= 0.6 is 34.5 Å². The molecule has 3 heterocycles. The molecule has 7 heteroatoms. The summed E-state index contributed by atoms with van der Waals surface area (Å²) in [5.41, 5.74) is 2.45. The zero-order valence-corrected chi connectivity index (χ0v) is 13.7. The zero-order chi connectivity index (χ0) is 14.4. The molecule has 4 rings (SSSR count). The van der Waals surface area contributed by atoms with Crippen molar-refractivity contribution in [2.45, 2.75) is 38.3 Å². The van der Waals surface area contributed by atoms with E-state index < -0.39 is 0 Å². The molecular weight excluding hydrogens is 327 g/mol. The van der Waals surface area contributed by atoms with Crippen molar-refractivity contribution in [1.29, 1.82) is 0 Å². The van der Waals surface area contributed by atoms with Crippen LogP contribution in [0, 0.1) is 0 Å². The quantitative estimate of drug-likeness (QED) is 0.854. The van der Waals surface area contributed by atoms with Crippen LogP contribution in [0.1, 0.15) is 40.7 Å². The standard InChI is InChI=1S/C14H14Cl2N4S/c15-12-11(21-14(16)19-12)7-20-4-3-10-9(6-20)5-17-13(18-10)8-1-2-8/h5,8H,1-4,6-7H2. The number of thiazole rings is 1.